The normalized spacial score (nSPS) is 13.8. The number of hydrogen-bond acceptors (Lipinski definition) is 5. The first-order valence-corrected chi connectivity index (χ1v) is 10.7. The Morgan fingerprint density at radius 3 is 2.77 bits per heavy atom. The van der Waals surface area contributed by atoms with E-state index in [1.54, 1.807) is 13.2 Å². The number of unbranched alkanes of at least 4 members (excludes halogenated alkanes) is 1. The Bertz CT molecular complexity index is 1100. The van der Waals surface area contributed by atoms with Gasteiger partial charge in [-0.15, -0.1) is 0 Å². The fraction of sp³-hybridized carbons (Fsp3) is 0.400. The largest absolute Gasteiger partial charge is 0.496 e. The second kappa shape index (κ2) is 8.92. The molecule has 0 spiro atoms. The molecule has 2 heterocycles. The number of benzene rings is 2. The van der Waals surface area contributed by atoms with Gasteiger partial charge in [-0.25, -0.2) is 4.79 Å². The van der Waals surface area contributed by atoms with Crippen molar-refractivity contribution in [3.05, 3.63) is 69.1 Å². The van der Waals surface area contributed by atoms with Gasteiger partial charge >= 0.3 is 5.63 Å². The molecule has 2 aromatic carbocycles. The zero-order chi connectivity index (χ0) is 21.1. The molecule has 3 aromatic rings. The lowest BCUT2D eigenvalue weighted by Crippen LogP contribution is -2.34. The Morgan fingerprint density at radius 2 is 1.97 bits per heavy atom. The number of methoxy groups -OCH3 is 1. The van der Waals surface area contributed by atoms with Gasteiger partial charge < -0.3 is 13.9 Å². The van der Waals surface area contributed by atoms with Crippen LogP contribution in [0.4, 0.5) is 0 Å². The molecule has 0 N–H and O–H groups in total. The summed E-state index contributed by atoms with van der Waals surface area (Å²) in [5.41, 5.74) is 4.71. The molecule has 0 unspecified atom stereocenters. The van der Waals surface area contributed by atoms with Gasteiger partial charge in [-0.05, 0) is 49.4 Å². The van der Waals surface area contributed by atoms with Crippen LogP contribution in [-0.2, 0) is 19.4 Å². The van der Waals surface area contributed by atoms with E-state index in [4.69, 9.17) is 13.9 Å². The molecule has 5 nitrogen and oxygen atoms in total. The molecule has 0 saturated heterocycles. The van der Waals surface area contributed by atoms with Gasteiger partial charge in [-0.3, -0.25) is 4.90 Å². The Balaban J connectivity index is 1.60. The molecular weight excluding hydrogens is 378 g/mol. The van der Waals surface area contributed by atoms with Crippen LogP contribution in [0.1, 0.15) is 42.0 Å². The zero-order valence-electron chi connectivity index (χ0n) is 18.0. The molecule has 1 aliphatic rings. The summed E-state index contributed by atoms with van der Waals surface area (Å²) in [4.78, 5) is 14.4. The number of rotatable bonds is 7. The molecule has 5 heteroatoms. The van der Waals surface area contributed by atoms with Crippen molar-refractivity contribution in [3.8, 4) is 11.5 Å². The topological polar surface area (TPSA) is 51.9 Å². The van der Waals surface area contributed by atoms with Crippen molar-refractivity contribution in [3.63, 3.8) is 0 Å². The predicted molar refractivity (Wildman–Crippen MR) is 118 cm³/mol. The molecule has 0 fully saturated rings. The lowest BCUT2D eigenvalue weighted by atomic mass is 9.98. The molecule has 158 valence electrons. The second-order valence-electron chi connectivity index (χ2n) is 7.95. The van der Waals surface area contributed by atoms with Gasteiger partial charge in [0.15, 0.2) is 0 Å². The molecule has 4 rings (SSSR count). The van der Waals surface area contributed by atoms with Gasteiger partial charge in [0.25, 0.3) is 0 Å². The first-order valence-electron chi connectivity index (χ1n) is 10.7. The van der Waals surface area contributed by atoms with Crippen LogP contribution in [0.25, 0.3) is 11.0 Å². The summed E-state index contributed by atoms with van der Waals surface area (Å²) in [6.07, 6.45) is 3.92. The van der Waals surface area contributed by atoms with Crippen LogP contribution in [0, 0.1) is 6.92 Å². The van der Waals surface area contributed by atoms with E-state index in [0.29, 0.717) is 12.3 Å². The average Bonchev–Trinajstić information content (AvgIpc) is 2.77. The molecular formula is C25H29NO4. The van der Waals surface area contributed by atoms with Gasteiger partial charge in [0, 0.05) is 35.7 Å². The maximum atomic E-state index is 12.1. The molecule has 0 radical (unpaired) electrons. The van der Waals surface area contributed by atoms with Crippen LogP contribution in [-0.4, -0.2) is 25.3 Å². The van der Waals surface area contributed by atoms with Crippen LogP contribution in [0.2, 0.25) is 0 Å². The number of ether oxygens (including phenoxy) is 2. The summed E-state index contributed by atoms with van der Waals surface area (Å²) in [5.74, 6) is 1.78. The highest BCUT2D eigenvalue weighted by molar-refractivity contribution is 5.86. The summed E-state index contributed by atoms with van der Waals surface area (Å²) < 4.78 is 17.2. The van der Waals surface area contributed by atoms with E-state index in [2.05, 4.69) is 24.0 Å². The lowest BCUT2D eigenvalue weighted by molar-refractivity contribution is 0.0957. The number of fused-ring (bicyclic) bond motifs is 2. The molecule has 1 aromatic heterocycles. The summed E-state index contributed by atoms with van der Waals surface area (Å²) in [5, 5.41) is 1.04. The molecule has 0 atom stereocenters. The third-order valence-electron chi connectivity index (χ3n) is 5.85. The van der Waals surface area contributed by atoms with Crippen molar-refractivity contribution >= 4 is 11.0 Å². The maximum absolute atomic E-state index is 12.1. The van der Waals surface area contributed by atoms with E-state index < -0.39 is 0 Å². The predicted octanol–water partition coefficient (Wildman–Crippen LogP) is 4.85. The monoisotopic (exact) mass is 407 g/mol. The molecule has 1 aliphatic heterocycles. The fourth-order valence-corrected chi connectivity index (χ4v) is 4.24. The standard InChI is InChI=1S/C25H29NO4/c1-4-5-8-19-14-23(27)30-25-17(2)24-20(13-21(19)25)15-26(16-29-24)12-11-18-9-6-7-10-22(18)28-3/h6-7,9-10,13-14H,4-5,8,11-12,15-16H2,1-3H3. The Labute approximate surface area is 177 Å². The minimum Gasteiger partial charge on any atom is -0.496 e. The van der Waals surface area contributed by atoms with Crippen LogP contribution in [0.5, 0.6) is 11.5 Å². The highest BCUT2D eigenvalue weighted by atomic mass is 16.5. The molecule has 0 aliphatic carbocycles. The Kier molecular flexibility index (Phi) is 6.09. The first kappa shape index (κ1) is 20.5. The first-order chi connectivity index (χ1) is 14.6. The number of hydrogen-bond donors (Lipinski definition) is 0. The van der Waals surface area contributed by atoms with Gasteiger partial charge in [0.2, 0.25) is 0 Å². The van der Waals surface area contributed by atoms with Crippen molar-refractivity contribution < 1.29 is 13.9 Å². The van der Waals surface area contributed by atoms with Crippen LogP contribution >= 0.6 is 0 Å². The van der Waals surface area contributed by atoms with E-state index in [-0.39, 0.29) is 5.63 Å². The zero-order valence-corrected chi connectivity index (χ0v) is 18.0. The van der Waals surface area contributed by atoms with E-state index >= 15 is 0 Å². The molecule has 0 amide bonds. The molecule has 0 saturated carbocycles. The van der Waals surface area contributed by atoms with Gasteiger partial charge in [0.05, 0.1) is 7.11 Å². The highest BCUT2D eigenvalue weighted by Crippen LogP contribution is 2.36. The third kappa shape index (κ3) is 4.08. The number of aryl methyl sites for hydroxylation is 2. The number of nitrogens with zero attached hydrogens (tertiary/aromatic N) is 1. The lowest BCUT2D eigenvalue weighted by Gasteiger charge is -2.30. The van der Waals surface area contributed by atoms with Crippen molar-refractivity contribution in [2.24, 2.45) is 0 Å². The minimum absolute atomic E-state index is 0.286. The quantitative estimate of drug-likeness (QED) is 0.524. The molecule has 0 bridgehead atoms. The van der Waals surface area contributed by atoms with Crippen molar-refractivity contribution in [1.82, 2.24) is 4.90 Å². The second-order valence-corrected chi connectivity index (χ2v) is 7.95. The summed E-state index contributed by atoms with van der Waals surface area (Å²) >= 11 is 0. The Hall–Kier alpha value is -2.79. The molecule has 30 heavy (non-hydrogen) atoms. The minimum atomic E-state index is -0.286. The van der Waals surface area contributed by atoms with Crippen molar-refractivity contribution in [2.45, 2.75) is 46.1 Å². The van der Waals surface area contributed by atoms with Crippen molar-refractivity contribution in [2.75, 3.05) is 20.4 Å². The summed E-state index contributed by atoms with van der Waals surface area (Å²) in [6, 6.07) is 11.9. The third-order valence-corrected chi connectivity index (χ3v) is 5.85. The van der Waals surface area contributed by atoms with Gasteiger partial charge in [-0.2, -0.15) is 0 Å². The van der Waals surface area contributed by atoms with Crippen molar-refractivity contribution in [1.29, 1.82) is 0 Å². The SMILES string of the molecule is CCCCc1cc(=O)oc2c(C)c3c(cc12)CN(CCc1ccccc1OC)CO3. The van der Waals surface area contributed by atoms with Crippen LogP contribution < -0.4 is 15.1 Å². The smallest absolute Gasteiger partial charge is 0.336 e. The van der Waals surface area contributed by atoms with Gasteiger partial charge in [-0.1, -0.05) is 31.5 Å². The van der Waals surface area contributed by atoms with E-state index in [0.717, 1.165) is 72.3 Å². The highest BCUT2D eigenvalue weighted by Gasteiger charge is 2.23. The maximum Gasteiger partial charge on any atom is 0.336 e. The van der Waals surface area contributed by atoms with Crippen LogP contribution in [0.15, 0.2) is 45.6 Å². The number of para-hydroxylation sites is 1. The van der Waals surface area contributed by atoms with E-state index in [9.17, 15) is 4.79 Å². The average molecular weight is 408 g/mol. The van der Waals surface area contributed by atoms with E-state index in [1.807, 2.05) is 25.1 Å². The summed E-state index contributed by atoms with van der Waals surface area (Å²) in [7, 11) is 1.71. The summed E-state index contributed by atoms with van der Waals surface area (Å²) in [6.45, 7) is 6.36. The van der Waals surface area contributed by atoms with Gasteiger partial charge in [0.1, 0.15) is 23.8 Å². The fourth-order valence-electron chi connectivity index (χ4n) is 4.24. The Morgan fingerprint density at radius 1 is 1.13 bits per heavy atom. The van der Waals surface area contributed by atoms with Crippen LogP contribution in [0.3, 0.4) is 0 Å². The van der Waals surface area contributed by atoms with E-state index in [1.165, 1.54) is 5.56 Å².